The number of hydrogen-bond acceptors (Lipinski definition) is 6. The van der Waals surface area contributed by atoms with E-state index in [-0.39, 0.29) is 35.2 Å². The Morgan fingerprint density at radius 1 is 1.21 bits per heavy atom. The van der Waals surface area contributed by atoms with Crippen molar-refractivity contribution in [2.75, 3.05) is 17.3 Å². The van der Waals surface area contributed by atoms with Gasteiger partial charge in [0.1, 0.15) is 0 Å². The molecule has 1 aromatic carbocycles. The summed E-state index contributed by atoms with van der Waals surface area (Å²) in [6.45, 7) is 2.11. The van der Waals surface area contributed by atoms with E-state index in [0.717, 1.165) is 24.8 Å². The van der Waals surface area contributed by atoms with E-state index in [2.05, 4.69) is 34.2 Å². The summed E-state index contributed by atoms with van der Waals surface area (Å²) in [5.41, 5.74) is 2.22. The first-order valence-electron chi connectivity index (χ1n) is 9.61. The first kappa shape index (κ1) is 19.4. The van der Waals surface area contributed by atoms with E-state index in [1.165, 1.54) is 17.3 Å². The number of amides is 1. The summed E-state index contributed by atoms with van der Waals surface area (Å²) in [7, 11) is -3.01. The second-order valence-electron chi connectivity index (χ2n) is 7.39. The molecule has 1 saturated carbocycles. The van der Waals surface area contributed by atoms with Crippen molar-refractivity contribution in [3.8, 4) is 11.4 Å². The third-order valence-corrected chi connectivity index (χ3v) is 7.84. The van der Waals surface area contributed by atoms with Gasteiger partial charge in [0.15, 0.2) is 15.7 Å². The van der Waals surface area contributed by atoms with E-state index >= 15 is 0 Å². The molecule has 0 bridgehead atoms. The summed E-state index contributed by atoms with van der Waals surface area (Å²) < 4.78 is 23.6. The topological polar surface area (TPSA) is 96.0 Å². The monoisotopic (exact) mass is 420 g/mol. The maximum absolute atomic E-state index is 12.8. The van der Waals surface area contributed by atoms with Crippen LogP contribution in [0.4, 0.5) is 0 Å². The molecule has 1 atom stereocenters. The highest BCUT2D eigenvalue weighted by Gasteiger charge is 2.41. The summed E-state index contributed by atoms with van der Waals surface area (Å²) in [5, 5.41) is 7.66. The Kier molecular flexibility index (Phi) is 5.46. The molecule has 1 saturated heterocycles. The molecule has 1 aliphatic heterocycles. The van der Waals surface area contributed by atoms with Gasteiger partial charge < -0.3 is 4.90 Å². The highest BCUT2D eigenvalue weighted by molar-refractivity contribution is 7.99. The van der Waals surface area contributed by atoms with Crippen molar-refractivity contribution >= 4 is 27.5 Å². The molecule has 2 fully saturated rings. The van der Waals surface area contributed by atoms with Crippen LogP contribution < -0.4 is 0 Å². The Morgan fingerprint density at radius 2 is 1.96 bits per heavy atom. The molecule has 0 radical (unpaired) electrons. The highest BCUT2D eigenvalue weighted by atomic mass is 32.2. The molecule has 1 N–H and O–H groups in total. The number of aromatic nitrogens is 3. The molecular weight excluding hydrogens is 396 g/mol. The smallest absolute Gasteiger partial charge is 0.233 e. The van der Waals surface area contributed by atoms with Gasteiger partial charge in [-0.15, -0.1) is 5.10 Å². The normalized spacial score (nSPS) is 21.0. The number of H-pyrrole nitrogens is 1. The van der Waals surface area contributed by atoms with Crippen LogP contribution in [0.15, 0.2) is 29.4 Å². The number of aryl methyl sites for hydroxylation is 1. The number of hydrogen-bond donors (Lipinski definition) is 1. The minimum absolute atomic E-state index is 0.0201. The van der Waals surface area contributed by atoms with Gasteiger partial charge in [0.05, 0.1) is 17.3 Å². The van der Waals surface area contributed by atoms with Crippen molar-refractivity contribution in [2.24, 2.45) is 0 Å². The average Bonchev–Trinajstić information content (AvgIpc) is 3.28. The molecule has 1 aromatic heterocycles. The van der Waals surface area contributed by atoms with E-state index in [1.54, 1.807) is 0 Å². The third-order valence-electron chi connectivity index (χ3n) is 5.26. The van der Waals surface area contributed by atoms with Crippen LogP contribution in [-0.4, -0.2) is 63.7 Å². The minimum Gasteiger partial charge on any atom is -0.335 e. The SMILES string of the molecule is CCc1ccc(-c2nc(SCC(=O)N(C3CC3)[C@H]3CCS(=O)(=O)C3)n[nH]2)cc1. The first-order valence-corrected chi connectivity index (χ1v) is 12.4. The molecule has 9 heteroatoms. The second kappa shape index (κ2) is 7.87. The lowest BCUT2D eigenvalue weighted by atomic mass is 10.1. The molecule has 0 unspecified atom stereocenters. The lowest BCUT2D eigenvalue weighted by Crippen LogP contribution is -2.43. The quantitative estimate of drug-likeness (QED) is 0.691. The van der Waals surface area contributed by atoms with Crippen molar-refractivity contribution in [3.05, 3.63) is 29.8 Å². The maximum atomic E-state index is 12.8. The zero-order valence-electron chi connectivity index (χ0n) is 15.8. The molecule has 7 nitrogen and oxygen atoms in total. The lowest BCUT2D eigenvalue weighted by molar-refractivity contribution is -0.130. The van der Waals surface area contributed by atoms with Gasteiger partial charge in [-0.05, 0) is 31.2 Å². The molecule has 1 aliphatic carbocycles. The van der Waals surface area contributed by atoms with E-state index in [1.807, 2.05) is 17.0 Å². The largest absolute Gasteiger partial charge is 0.335 e. The van der Waals surface area contributed by atoms with E-state index in [0.29, 0.717) is 17.4 Å². The summed E-state index contributed by atoms with van der Waals surface area (Å²) in [4.78, 5) is 19.1. The molecule has 4 rings (SSSR count). The van der Waals surface area contributed by atoms with E-state index in [4.69, 9.17) is 0 Å². The van der Waals surface area contributed by atoms with Gasteiger partial charge in [0.25, 0.3) is 0 Å². The zero-order chi connectivity index (χ0) is 19.7. The number of aromatic amines is 1. The van der Waals surface area contributed by atoms with Gasteiger partial charge in [0.2, 0.25) is 11.1 Å². The van der Waals surface area contributed by atoms with Gasteiger partial charge >= 0.3 is 0 Å². The number of nitrogens with zero attached hydrogens (tertiary/aromatic N) is 3. The van der Waals surface area contributed by atoms with Gasteiger partial charge in [-0.1, -0.05) is 43.0 Å². The lowest BCUT2D eigenvalue weighted by Gasteiger charge is -2.28. The van der Waals surface area contributed by atoms with Crippen molar-refractivity contribution in [3.63, 3.8) is 0 Å². The molecule has 1 amide bonds. The Bertz CT molecular complexity index is 952. The van der Waals surface area contributed by atoms with Crippen LogP contribution in [0.1, 0.15) is 31.7 Å². The number of benzene rings is 1. The molecule has 2 aromatic rings. The maximum Gasteiger partial charge on any atom is 0.233 e. The van der Waals surface area contributed by atoms with Gasteiger partial charge in [-0.2, -0.15) is 0 Å². The van der Waals surface area contributed by atoms with Crippen LogP contribution in [0.2, 0.25) is 0 Å². The number of sulfone groups is 1. The minimum atomic E-state index is -3.01. The van der Waals surface area contributed by atoms with Crippen LogP contribution in [0, 0.1) is 0 Å². The molecule has 2 heterocycles. The van der Waals surface area contributed by atoms with E-state index in [9.17, 15) is 13.2 Å². The van der Waals surface area contributed by atoms with Crippen molar-refractivity contribution in [2.45, 2.75) is 49.8 Å². The fourth-order valence-electron chi connectivity index (χ4n) is 3.59. The zero-order valence-corrected chi connectivity index (χ0v) is 17.4. The van der Waals surface area contributed by atoms with Crippen LogP contribution in [0.5, 0.6) is 0 Å². The number of thioether (sulfide) groups is 1. The summed E-state index contributed by atoms with van der Waals surface area (Å²) in [6.07, 6.45) is 3.46. The van der Waals surface area contributed by atoms with Crippen LogP contribution >= 0.6 is 11.8 Å². The molecular formula is C19H24N4O3S2. The predicted molar refractivity (Wildman–Crippen MR) is 109 cm³/mol. The van der Waals surface area contributed by atoms with Crippen molar-refractivity contribution < 1.29 is 13.2 Å². The van der Waals surface area contributed by atoms with Crippen LogP contribution in [-0.2, 0) is 21.1 Å². The first-order chi connectivity index (χ1) is 13.4. The fourth-order valence-corrected chi connectivity index (χ4v) is 5.97. The average molecular weight is 421 g/mol. The van der Waals surface area contributed by atoms with Gasteiger partial charge in [0, 0.05) is 17.6 Å². The van der Waals surface area contributed by atoms with Gasteiger partial charge in [-0.3, -0.25) is 9.89 Å². The Labute approximate surface area is 169 Å². The Morgan fingerprint density at radius 3 is 2.57 bits per heavy atom. The molecule has 2 aliphatic rings. The summed E-state index contributed by atoms with van der Waals surface area (Å²) in [5.74, 6) is 1.16. The highest BCUT2D eigenvalue weighted by Crippen LogP contribution is 2.33. The van der Waals surface area contributed by atoms with Crippen molar-refractivity contribution in [1.29, 1.82) is 0 Å². The molecule has 28 heavy (non-hydrogen) atoms. The Balaban J connectivity index is 1.38. The summed E-state index contributed by atoms with van der Waals surface area (Å²) in [6, 6.07) is 8.17. The van der Waals surface area contributed by atoms with Crippen LogP contribution in [0.3, 0.4) is 0 Å². The standard InChI is InChI=1S/C19H24N4O3S2/c1-2-13-3-5-14(6-4-13)18-20-19(22-21-18)27-11-17(24)23(15-7-8-15)16-9-10-28(25,26)12-16/h3-6,15-16H,2,7-12H2,1H3,(H,20,21,22)/t16-/m0/s1. The second-order valence-corrected chi connectivity index (χ2v) is 10.6. The van der Waals surface area contributed by atoms with E-state index < -0.39 is 9.84 Å². The number of rotatable bonds is 7. The predicted octanol–water partition coefficient (Wildman–Crippen LogP) is 2.30. The van der Waals surface area contributed by atoms with Crippen LogP contribution in [0.25, 0.3) is 11.4 Å². The third kappa shape index (κ3) is 4.41. The number of carbonyl (C=O) groups excluding carboxylic acids is 1. The van der Waals surface area contributed by atoms with Crippen molar-refractivity contribution in [1.82, 2.24) is 20.1 Å². The molecule has 150 valence electrons. The summed E-state index contributed by atoms with van der Waals surface area (Å²) >= 11 is 1.29. The fraction of sp³-hybridized carbons (Fsp3) is 0.526. The van der Waals surface area contributed by atoms with Gasteiger partial charge in [-0.25, -0.2) is 13.4 Å². The Hall–Kier alpha value is -1.87. The number of nitrogens with one attached hydrogen (secondary N) is 1. The molecule has 0 spiro atoms. The number of carbonyl (C=O) groups is 1.